The number of sulfonamides is 1. The van der Waals surface area contributed by atoms with Gasteiger partial charge in [-0.2, -0.15) is 0 Å². The lowest BCUT2D eigenvalue weighted by Gasteiger charge is -2.08. The first-order valence-electron chi connectivity index (χ1n) is 8.28. The number of carbonyl (C=O) groups is 1. The number of pyridine rings is 1. The van der Waals surface area contributed by atoms with Crippen LogP contribution in [0.4, 0.5) is 5.69 Å². The molecule has 1 aromatic carbocycles. The summed E-state index contributed by atoms with van der Waals surface area (Å²) in [4.78, 5) is 16.5. The van der Waals surface area contributed by atoms with Gasteiger partial charge in [0.2, 0.25) is 15.9 Å². The standard InChI is InChI=1S/C17H18N6O3S2/c1-2-23-16(14-5-3-4-10-19-14)21-22-17(23)27-11-15(24)20-12-6-8-13(9-7-12)28(18,25)26/h3-10H,2,11H2,1H3,(H,20,24)(H2,18,25,26). The maximum absolute atomic E-state index is 12.2. The number of hydrogen-bond acceptors (Lipinski definition) is 7. The Hall–Kier alpha value is -2.76. The largest absolute Gasteiger partial charge is 0.325 e. The third-order valence-corrected chi connectivity index (χ3v) is 5.62. The summed E-state index contributed by atoms with van der Waals surface area (Å²) in [6.07, 6.45) is 1.69. The van der Waals surface area contributed by atoms with Crippen LogP contribution in [0.25, 0.3) is 11.5 Å². The van der Waals surface area contributed by atoms with Gasteiger partial charge in [-0.15, -0.1) is 10.2 Å². The lowest BCUT2D eigenvalue weighted by atomic mass is 10.3. The Morgan fingerprint density at radius 2 is 1.93 bits per heavy atom. The van der Waals surface area contributed by atoms with Crippen molar-refractivity contribution < 1.29 is 13.2 Å². The van der Waals surface area contributed by atoms with E-state index in [4.69, 9.17) is 5.14 Å². The summed E-state index contributed by atoms with van der Waals surface area (Å²) < 4.78 is 24.4. The average molecular weight is 419 g/mol. The van der Waals surface area contributed by atoms with Crippen LogP contribution in [-0.4, -0.2) is 39.8 Å². The Kier molecular flexibility index (Phi) is 6.07. The molecule has 0 aliphatic carbocycles. The van der Waals surface area contributed by atoms with Crippen LogP contribution in [-0.2, 0) is 21.4 Å². The number of benzene rings is 1. The van der Waals surface area contributed by atoms with E-state index in [1.54, 1.807) is 6.20 Å². The molecule has 3 rings (SSSR count). The number of primary sulfonamides is 1. The smallest absolute Gasteiger partial charge is 0.238 e. The van der Waals surface area contributed by atoms with Crippen molar-refractivity contribution in [2.75, 3.05) is 11.1 Å². The van der Waals surface area contributed by atoms with Crippen LogP contribution >= 0.6 is 11.8 Å². The molecule has 0 bridgehead atoms. The summed E-state index contributed by atoms with van der Waals surface area (Å²) in [5.74, 6) is 0.514. The fourth-order valence-corrected chi connectivity index (χ4v) is 3.74. The summed E-state index contributed by atoms with van der Waals surface area (Å²) in [6.45, 7) is 2.60. The molecule has 1 amide bonds. The Bertz CT molecular complexity index is 1070. The first-order chi connectivity index (χ1) is 13.4. The van der Waals surface area contributed by atoms with Crippen molar-refractivity contribution in [1.82, 2.24) is 19.7 Å². The van der Waals surface area contributed by atoms with Crippen molar-refractivity contribution in [3.8, 4) is 11.5 Å². The molecule has 0 radical (unpaired) electrons. The van der Waals surface area contributed by atoms with Crippen LogP contribution in [0.15, 0.2) is 58.7 Å². The first kappa shape index (κ1) is 20.0. The topological polar surface area (TPSA) is 133 Å². The predicted octanol–water partition coefficient (Wildman–Crippen LogP) is 1.74. The van der Waals surface area contributed by atoms with Gasteiger partial charge in [-0.25, -0.2) is 13.6 Å². The van der Waals surface area contributed by atoms with Crippen LogP contribution in [0.1, 0.15) is 6.92 Å². The lowest BCUT2D eigenvalue weighted by Crippen LogP contribution is -2.15. The highest BCUT2D eigenvalue weighted by Crippen LogP contribution is 2.23. The van der Waals surface area contributed by atoms with Crippen LogP contribution in [0, 0.1) is 0 Å². The fraction of sp³-hybridized carbons (Fsp3) is 0.176. The van der Waals surface area contributed by atoms with Crippen LogP contribution in [0.3, 0.4) is 0 Å². The van der Waals surface area contributed by atoms with E-state index in [1.807, 2.05) is 29.7 Å². The van der Waals surface area contributed by atoms with Gasteiger partial charge in [0.1, 0.15) is 5.69 Å². The highest BCUT2D eigenvalue weighted by atomic mass is 32.2. The SMILES string of the molecule is CCn1c(SCC(=O)Nc2ccc(S(N)(=O)=O)cc2)nnc1-c1ccccn1. The summed E-state index contributed by atoms with van der Waals surface area (Å²) in [7, 11) is -3.76. The zero-order chi connectivity index (χ0) is 20.1. The molecule has 3 N–H and O–H groups in total. The van der Waals surface area contributed by atoms with Gasteiger partial charge in [-0.3, -0.25) is 9.78 Å². The Morgan fingerprint density at radius 1 is 1.18 bits per heavy atom. The van der Waals surface area contributed by atoms with Crippen molar-refractivity contribution in [2.24, 2.45) is 5.14 Å². The molecule has 0 aliphatic rings. The van der Waals surface area contributed by atoms with Gasteiger partial charge in [-0.05, 0) is 43.3 Å². The predicted molar refractivity (Wildman–Crippen MR) is 106 cm³/mol. The Labute approximate surface area is 166 Å². The molecule has 9 nitrogen and oxygen atoms in total. The van der Waals surface area contributed by atoms with E-state index >= 15 is 0 Å². The van der Waals surface area contributed by atoms with Gasteiger partial charge in [0.15, 0.2) is 11.0 Å². The van der Waals surface area contributed by atoms with Crippen LogP contribution in [0.5, 0.6) is 0 Å². The third-order valence-electron chi connectivity index (χ3n) is 3.73. The minimum atomic E-state index is -3.76. The summed E-state index contributed by atoms with van der Waals surface area (Å²) in [5, 5.41) is 16.7. The number of rotatable bonds is 7. The van der Waals surface area contributed by atoms with E-state index in [9.17, 15) is 13.2 Å². The van der Waals surface area contributed by atoms with Crippen molar-refractivity contribution >= 4 is 33.4 Å². The number of aromatic nitrogens is 4. The zero-order valence-electron chi connectivity index (χ0n) is 14.9. The van der Waals surface area contributed by atoms with E-state index in [0.717, 1.165) is 0 Å². The number of nitrogens with two attached hydrogens (primary N) is 1. The maximum Gasteiger partial charge on any atom is 0.238 e. The molecular formula is C17H18N6O3S2. The number of anilines is 1. The second-order valence-corrected chi connectivity index (χ2v) is 8.18. The van der Waals surface area contributed by atoms with Gasteiger partial charge in [0.05, 0.1) is 10.6 Å². The molecule has 0 saturated carbocycles. The molecular weight excluding hydrogens is 400 g/mol. The fourth-order valence-electron chi connectivity index (χ4n) is 2.42. The third kappa shape index (κ3) is 4.74. The molecule has 2 aromatic heterocycles. The molecule has 3 aromatic rings. The summed E-state index contributed by atoms with van der Waals surface area (Å²) in [5.41, 5.74) is 1.19. The molecule has 11 heteroatoms. The van der Waals surface area contributed by atoms with Gasteiger partial charge in [0, 0.05) is 18.4 Å². The Morgan fingerprint density at radius 3 is 2.54 bits per heavy atom. The monoisotopic (exact) mass is 418 g/mol. The van der Waals surface area contributed by atoms with E-state index in [0.29, 0.717) is 28.9 Å². The van der Waals surface area contributed by atoms with E-state index in [-0.39, 0.29) is 16.6 Å². The second kappa shape index (κ2) is 8.50. The van der Waals surface area contributed by atoms with E-state index in [2.05, 4.69) is 20.5 Å². The number of thioether (sulfide) groups is 1. The lowest BCUT2D eigenvalue weighted by molar-refractivity contribution is -0.113. The zero-order valence-corrected chi connectivity index (χ0v) is 16.6. The van der Waals surface area contributed by atoms with Crippen molar-refractivity contribution in [1.29, 1.82) is 0 Å². The summed E-state index contributed by atoms with van der Waals surface area (Å²) in [6, 6.07) is 11.2. The first-order valence-corrected chi connectivity index (χ1v) is 10.8. The number of nitrogens with zero attached hydrogens (tertiary/aromatic N) is 4. The van der Waals surface area contributed by atoms with Crippen molar-refractivity contribution in [3.63, 3.8) is 0 Å². The van der Waals surface area contributed by atoms with Gasteiger partial charge in [0.25, 0.3) is 0 Å². The molecule has 2 heterocycles. The van der Waals surface area contributed by atoms with Gasteiger partial charge < -0.3 is 9.88 Å². The molecule has 0 saturated heterocycles. The number of amides is 1. The highest BCUT2D eigenvalue weighted by molar-refractivity contribution is 7.99. The number of nitrogens with one attached hydrogen (secondary N) is 1. The van der Waals surface area contributed by atoms with Crippen molar-refractivity contribution in [2.45, 2.75) is 23.5 Å². The Balaban J connectivity index is 1.64. The number of hydrogen-bond donors (Lipinski definition) is 2. The minimum Gasteiger partial charge on any atom is -0.325 e. The second-order valence-electron chi connectivity index (χ2n) is 5.67. The average Bonchev–Trinajstić information content (AvgIpc) is 3.10. The molecule has 0 atom stereocenters. The summed E-state index contributed by atoms with van der Waals surface area (Å²) >= 11 is 1.26. The van der Waals surface area contributed by atoms with Crippen LogP contribution < -0.4 is 10.5 Å². The van der Waals surface area contributed by atoms with E-state index < -0.39 is 10.0 Å². The quantitative estimate of drug-likeness (QED) is 0.558. The number of carbonyl (C=O) groups excluding carboxylic acids is 1. The molecule has 0 spiro atoms. The molecule has 28 heavy (non-hydrogen) atoms. The van der Waals surface area contributed by atoms with Gasteiger partial charge >= 0.3 is 0 Å². The minimum absolute atomic E-state index is 0.0158. The van der Waals surface area contributed by atoms with E-state index in [1.165, 1.54) is 36.0 Å². The molecule has 0 unspecified atom stereocenters. The normalized spacial score (nSPS) is 11.4. The van der Waals surface area contributed by atoms with Gasteiger partial charge in [-0.1, -0.05) is 17.8 Å². The highest BCUT2D eigenvalue weighted by Gasteiger charge is 2.15. The van der Waals surface area contributed by atoms with Crippen LogP contribution in [0.2, 0.25) is 0 Å². The maximum atomic E-state index is 12.2. The molecule has 0 fully saturated rings. The molecule has 146 valence electrons. The molecule has 0 aliphatic heterocycles. The van der Waals surface area contributed by atoms with Crippen molar-refractivity contribution in [3.05, 3.63) is 48.7 Å².